The van der Waals surface area contributed by atoms with Crippen LogP contribution in [0.4, 0.5) is 0 Å². The van der Waals surface area contributed by atoms with Crippen LogP contribution in [-0.2, 0) is 11.2 Å². The molecular weight excluding hydrogens is 262 g/mol. The van der Waals surface area contributed by atoms with Crippen molar-refractivity contribution in [1.29, 1.82) is 0 Å². The molecule has 1 aliphatic heterocycles. The van der Waals surface area contributed by atoms with Crippen molar-refractivity contribution < 1.29 is 9.59 Å². The Kier molecular flexibility index (Phi) is 3.82. The third-order valence-electron chi connectivity index (χ3n) is 3.88. The SMILES string of the molecule is O=C1CC[C@H](Cc2ccccc2)N1C(=O)c1ccccc1. The van der Waals surface area contributed by atoms with Crippen LogP contribution in [-0.4, -0.2) is 22.8 Å². The lowest BCUT2D eigenvalue weighted by atomic mass is 10.0. The second kappa shape index (κ2) is 5.92. The first-order chi connectivity index (χ1) is 10.3. The van der Waals surface area contributed by atoms with E-state index in [1.165, 1.54) is 4.90 Å². The Morgan fingerprint density at radius 2 is 1.62 bits per heavy atom. The minimum atomic E-state index is -0.181. The lowest BCUT2D eigenvalue weighted by molar-refractivity contribution is -0.126. The second-order valence-electron chi connectivity index (χ2n) is 5.32. The monoisotopic (exact) mass is 279 g/mol. The summed E-state index contributed by atoms with van der Waals surface area (Å²) in [7, 11) is 0. The average molecular weight is 279 g/mol. The van der Waals surface area contributed by atoms with E-state index in [-0.39, 0.29) is 17.9 Å². The number of hydrogen-bond donors (Lipinski definition) is 0. The molecule has 3 heteroatoms. The maximum absolute atomic E-state index is 12.6. The van der Waals surface area contributed by atoms with E-state index in [4.69, 9.17) is 0 Å². The van der Waals surface area contributed by atoms with Crippen LogP contribution >= 0.6 is 0 Å². The van der Waals surface area contributed by atoms with Gasteiger partial charge in [0.2, 0.25) is 5.91 Å². The molecule has 1 saturated heterocycles. The van der Waals surface area contributed by atoms with Crippen molar-refractivity contribution in [2.75, 3.05) is 0 Å². The fourth-order valence-electron chi connectivity index (χ4n) is 2.82. The molecular formula is C18H17NO2. The van der Waals surface area contributed by atoms with Gasteiger partial charge in [-0.1, -0.05) is 48.5 Å². The van der Waals surface area contributed by atoms with Crippen molar-refractivity contribution in [2.24, 2.45) is 0 Å². The molecule has 2 aromatic carbocycles. The van der Waals surface area contributed by atoms with Crippen LogP contribution in [0, 0.1) is 0 Å². The van der Waals surface area contributed by atoms with Gasteiger partial charge in [-0.2, -0.15) is 0 Å². The van der Waals surface area contributed by atoms with E-state index in [2.05, 4.69) is 0 Å². The zero-order chi connectivity index (χ0) is 14.7. The van der Waals surface area contributed by atoms with E-state index in [1.807, 2.05) is 48.5 Å². The maximum atomic E-state index is 12.6. The zero-order valence-corrected chi connectivity index (χ0v) is 11.7. The summed E-state index contributed by atoms with van der Waals surface area (Å²) >= 11 is 0. The number of likely N-dealkylation sites (tertiary alicyclic amines) is 1. The molecule has 1 atom stereocenters. The summed E-state index contributed by atoms with van der Waals surface area (Å²) in [6.07, 6.45) is 1.92. The maximum Gasteiger partial charge on any atom is 0.260 e. The van der Waals surface area contributed by atoms with E-state index in [0.29, 0.717) is 12.0 Å². The molecule has 1 heterocycles. The zero-order valence-electron chi connectivity index (χ0n) is 11.7. The van der Waals surface area contributed by atoms with Gasteiger partial charge in [-0.05, 0) is 30.5 Å². The smallest absolute Gasteiger partial charge is 0.260 e. The number of amides is 2. The Morgan fingerprint density at radius 3 is 2.29 bits per heavy atom. The number of carbonyl (C=O) groups is 2. The average Bonchev–Trinajstić information content (AvgIpc) is 2.89. The Bertz CT molecular complexity index is 637. The van der Waals surface area contributed by atoms with Crippen LogP contribution < -0.4 is 0 Å². The predicted molar refractivity (Wildman–Crippen MR) is 80.8 cm³/mol. The number of hydrogen-bond acceptors (Lipinski definition) is 2. The topological polar surface area (TPSA) is 37.4 Å². The molecule has 3 nitrogen and oxygen atoms in total. The van der Waals surface area contributed by atoms with Crippen molar-refractivity contribution in [1.82, 2.24) is 4.90 Å². The van der Waals surface area contributed by atoms with Crippen molar-refractivity contribution in [3.05, 3.63) is 71.8 Å². The normalized spacial score (nSPS) is 18.0. The minimum Gasteiger partial charge on any atom is -0.275 e. The molecule has 2 amide bonds. The molecule has 3 rings (SSSR count). The number of benzene rings is 2. The highest BCUT2D eigenvalue weighted by atomic mass is 16.2. The summed E-state index contributed by atoms with van der Waals surface area (Å²) in [5.41, 5.74) is 1.73. The van der Waals surface area contributed by atoms with Gasteiger partial charge in [-0.15, -0.1) is 0 Å². The molecule has 0 unspecified atom stereocenters. The highest BCUT2D eigenvalue weighted by Gasteiger charge is 2.35. The fraction of sp³-hybridized carbons (Fsp3) is 0.222. The summed E-state index contributed by atoms with van der Waals surface area (Å²) in [5.74, 6) is -0.246. The first kappa shape index (κ1) is 13.6. The molecule has 2 aromatic rings. The molecule has 0 aromatic heterocycles. The number of rotatable bonds is 3. The van der Waals surface area contributed by atoms with Crippen LogP contribution in [0.5, 0.6) is 0 Å². The van der Waals surface area contributed by atoms with Crippen LogP contribution in [0.25, 0.3) is 0 Å². The Balaban J connectivity index is 1.81. The van der Waals surface area contributed by atoms with Gasteiger partial charge in [-0.25, -0.2) is 0 Å². The Hall–Kier alpha value is -2.42. The van der Waals surface area contributed by atoms with Crippen LogP contribution in [0.2, 0.25) is 0 Å². The molecule has 0 saturated carbocycles. The van der Waals surface area contributed by atoms with Crippen molar-refractivity contribution in [3.63, 3.8) is 0 Å². The minimum absolute atomic E-state index is 0.0346. The summed E-state index contributed by atoms with van der Waals surface area (Å²) in [5, 5.41) is 0. The van der Waals surface area contributed by atoms with Crippen molar-refractivity contribution >= 4 is 11.8 Å². The van der Waals surface area contributed by atoms with Gasteiger partial charge < -0.3 is 0 Å². The standard InChI is InChI=1S/C18H17NO2/c20-17-12-11-16(13-14-7-3-1-4-8-14)19(17)18(21)15-9-5-2-6-10-15/h1-10,16H,11-13H2/t16-/m1/s1. The third-order valence-corrected chi connectivity index (χ3v) is 3.88. The van der Waals surface area contributed by atoms with Crippen LogP contribution in [0.3, 0.4) is 0 Å². The van der Waals surface area contributed by atoms with Gasteiger partial charge in [0, 0.05) is 18.0 Å². The molecule has 1 aliphatic rings. The lowest BCUT2D eigenvalue weighted by Gasteiger charge is -2.23. The second-order valence-corrected chi connectivity index (χ2v) is 5.32. The van der Waals surface area contributed by atoms with Gasteiger partial charge in [-0.3, -0.25) is 14.5 Å². The van der Waals surface area contributed by atoms with E-state index in [0.717, 1.165) is 18.4 Å². The van der Waals surface area contributed by atoms with Crippen LogP contribution in [0.1, 0.15) is 28.8 Å². The van der Waals surface area contributed by atoms with Crippen molar-refractivity contribution in [3.8, 4) is 0 Å². The number of nitrogens with zero attached hydrogens (tertiary/aromatic N) is 1. The first-order valence-corrected chi connectivity index (χ1v) is 7.21. The van der Waals surface area contributed by atoms with Gasteiger partial charge in [0.15, 0.2) is 0 Å². The lowest BCUT2D eigenvalue weighted by Crippen LogP contribution is -2.39. The Labute approximate surface area is 124 Å². The van der Waals surface area contributed by atoms with Gasteiger partial charge in [0.05, 0.1) is 0 Å². The third kappa shape index (κ3) is 2.87. The van der Waals surface area contributed by atoms with E-state index < -0.39 is 0 Å². The quantitative estimate of drug-likeness (QED) is 0.810. The molecule has 0 aliphatic carbocycles. The molecule has 0 N–H and O–H groups in total. The predicted octanol–water partition coefficient (Wildman–Crippen LogP) is 3.06. The molecule has 0 radical (unpaired) electrons. The summed E-state index contributed by atoms with van der Waals surface area (Å²) in [6.45, 7) is 0. The summed E-state index contributed by atoms with van der Waals surface area (Å²) < 4.78 is 0. The van der Waals surface area contributed by atoms with Crippen LogP contribution in [0.15, 0.2) is 60.7 Å². The first-order valence-electron chi connectivity index (χ1n) is 7.21. The molecule has 21 heavy (non-hydrogen) atoms. The van der Waals surface area contributed by atoms with Gasteiger partial charge >= 0.3 is 0 Å². The van der Waals surface area contributed by atoms with Gasteiger partial charge in [0.1, 0.15) is 0 Å². The van der Waals surface area contributed by atoms with E-state index in [1.54, 1.807) is 12.1 Å². The Morgan fingerprint density at radius 1 is 1.00 bits per heavy atom. The van der Waals surface area contributed by atoms with E-state index in [9.17, 15) is 9.59 Å². The summed E-state index contributed by atoms with van der Waals surface area (Å²) in [4.78, 5) is 26.1. The molecule has 1 fully saturated rings. The van der Waals surface area contributed by atoms with E-state index >= 15 is 0 Å². The van der Waals surface area contributed by atoms with Crippen molar-refractivity contribution in [2.45, 2.75) is 25.3 Å². The molecule has 0 bridgehead atoms. The highest BCUT2D eigenvalue weighted by molar-refractivity contribution is 6.06. The van der Waals surface area contributed by atoms with Gasteiger partial charge in [0.25, 0.3) is 5.91 Å². The largest absolute Gasteiger partial charge is 0.275 e. The molecule has 0 spiro atoms. The summed E-state index contributed by atoms with van der Waals surface area (Å²) in [6, 6.07) is 19.0. The number of imide groups is 1. The number of carbonyl (C=O) groups excluding carboxylic acids is 2. The molecule has 106 valence electrons. The highest BCUT2D eigenvalue weighted by Crippen LogP contribution is 2.24. The fourth-order valence-corrected chi connectivity index (χ4v) is 2.82.